The van der Waals surface area contributed by atoms with E-state index in [2.05, 4.69) is 10.3 Å². The summed E-state index contributed by atoms with van der Waals surface area (Å²) in [6, 6.07) is 0.393. The fourth-order valence-electron chi connectivity index (χ4n) is 2.60. The minimum Gasteiger partial charge on any atom is -0.370 e. The molecule has 1 saturated carbocycles. The van der Waals surface area contributed by atoms with Gasteiger partial charge in [-0.2, -0.15) is 13.2 Å². The number of hydrogen-bond acceptors (Lipinski definition) is 2. The van der Waals surface area contributed by atoms with Crippen LogP contribution in [-0.4, -0.2) is 49.8 Å². The normalized spacial score (nSPS) is 18.8. The fourth-order valence-corrected chi connectivity index (χ4v) is 2.60. The van der Waals surface area contributed by atoms with Crippen LogP contribution in [0, 0.1) is 0 Å². The van der Waals surface area contributed by atoms with Crippen molar-refractivity contribution in [3.8, 4) is 0 Å². The second kappa shape index (κ2) is 9.12. The van der Waals surface area contributed by atoms with Crippen molar-refractivity contribution in [3.05, 3.63) is 0 Å². The summed E-state index contributed by atoms with van der Waals surface area (Å²) in [4.78, 5) is 5.45. The zero-order chi connectivity index (χ0) is 15.7. The Bertz CT molecular complexity index is 310. The van der Waals surface area contributed by atoms with Crippen LogP contribution in [0.3, 0.4) is 0 Å². The number of nitrogens with two attached hydrogens (primary N) is 1. The molecule has 1 aliphatic carbocycles. The highest BCUT2D eigenvalue weighted by atomic mass is 19.4. The van der Waals surface area contributed by atoms with Gasteiger partial charge in [-0.1, -0.05) is 25.7 Å². The second-order valence-corrected chi connectivity index (χ2v) is 5.81. The van der Waals surface area contributed by atoms with Gasteiger partial charge in [0.2, 0.25) is 0 Å². The summed E-state index contributed by atoms with van der Waals surface area (Å²) in [6.45, 7) is -0.0695. The number of hydrogen-bond donors (Lipinski definition) is 2. The molecule has 0 spiro atoms. The number of aliphatic imine (C=N–C) groups is 1. The van der Waals surface area contributed by atoms with Gasteiger partial charge in [0.1, 0.15) is 0 Å². The molecule has 0 aromatic rings. The standard InChI is InChI=1S/C14H27F3N4/c1-21(11-14(15,16)17)10-6-9-19-13(18)20-12-7-4-2-3-5-8-12/h12H,2-11H2,1H3,(H3,18,19,20). The third-order valence-electron chi connectivity index (χ3n) is 3.64. The Morgan fingerprint density at radius 3 is 2.43 bits per heavy atom. The van der Waals surface area contributed by atoms with Crippen LogP contribution >= 0.6 is 0 Å². The number of alkyl halides is 3. The zero-order valence-electron chi connectivity index (χ0n) is 12.8. The number of halogens is 3. The van der Waals surface area contributed by atoms with Gasteiger partial charge in [0.05, 0.1) is 6.54 Å². The molecule has 0 atom stereocenters. The molecule has 0 aliphatic heterocycles. The summed E-state index contributed by atoms with van der Waals surface area (Å²) in [6.07, 6.45) is 3.65. The Hall–Kier alpha value is -0.980. The molecule has 0 bridgehead atoms. The van der Waals surface area contributed by atoms with Crippen molar-refractivity contribution in [1.29, 1.82) is 0 Å². The first-order chi connectivity index (χ1) is 9.87. The van der Waals surface area contributed by atoms with Crippen LogP contribution in [0.15, 0.2) is 4.99 Å². The van der Waals surface area contributed by atoms with E-state index in [1.807, 2.05) is 0 Å². The quantitative estimate of drug-likeness (QED) is 0.343. The van der Waals surface area contributed by atoms with Gasteiger partial charge in [0.25, 0.3) is 0 Å². The van der Waals surface area contributed by atoms with E-state index in [4.69, 9.17) is 5.73 Å². The van der Waals surface area contributed by atoms with E-state index in [1.54, 1.807) is 0 Å². The molecule has 0 aromatic heterocycles. The minimum atomic E-state index is -4.14. The molecule has 3 N–H and O–H groups in total. The number of guanidine groups is 1. The Kier molecular flexibility index (Phi) is 7.85. The fraction of sp³-hybridized carbons (Fsp3) is 0.929. The van der Waals surface area contributed by atoms with Crippen LogP contribution in [-0.2, 0) is 0 Å². The molecule has 4 nitrogen and oxygen atoms in total. The van der Waals surface area contributed by atoms with Gasteiger partial charge in [0.15, 0.2) is 5.96 Å². The van der Waals surface area contributed by atoms with Crippen LogP contribution < -0.4 is 11.1 Å². The van der Waals surface area contributed by atoms with Crippen molar-refractivity contribution in [2.75, 3.05) is 26.7 Å². The van der Waals surface area contributed by atoms with Crippen molar-refractivity contribution < 1.29 is 13.2 Å². The molecule has 7 heteroatoms. The molecule has 1 rings (SSSR count). The summed E-state index contributed by atoms with van der Waals surface area (Å²) in [5.41, 5.74) is 5.82. The molecule has 0 heterocycles. The van der Waals surface area contributed by atoms with Crippen LogP contribution in [0.2, 0.25) is 0 Å². The van der Waals surface area contributed by atoms with Gasteiger partial charge >= 0.3 is 6.18 Å². The van der Waals surface area contributed by atoms with Gasteiger partial charge in [-0.15, -0.1) is 0 Å². The molecule has 0 saturated heterocycles. The predicted molar refractivity (Wildman–Crippen MR) is 79.3 cm³/mol. The molecular weight excluding hydrogens is 281 g/mol. The lowest BCUT2D eigenvalue weighted by atomic mass is 10.1. The first-order valence-electron chi connectivity index (χ1n) is 7.68. The smallest absolute Gasteiger partial charge is 0.370 e. The summed E-state index contributed by atoms with van der Waals surface area (Å²) >= 11 is 0. The van der Waals surface area contributed by atoms with E-state index in [-0.39, 0.29) is 0 Å². The number of nitrogens with one attached hydrogen (secondary N) is 1. The Labute approximate surface area is 125 Å². The molecule has 0 unspecified atom stereocenters. The predicted octanol–water partition coefficient (Wildman–Crippen LogP) is 2.50. The molecule has 0 radical (unpaired) electrons. The Balaban J connectivity index is 2.17. The molecule has 1 fully saturated rings. The van der Waals surface area contributed by atoms with Crippen LogP contribution in [0.4, 0.5) is 13.2 Å². The number of rotatable bonds is 6. The molecule has 21 heavy (non-hydrogen) atoms. The highest BCUT2D eigenvalue weighted by Crippen LogP contribution is 2.17. The molecule has 0 aromatic carbocycles. The lowest BCUT2D eigenvalue weighted by Crippen LogP contribution is -2.40. The van der Waals surface area contributed by atoms with Gasteiger partial charge in [-0.3, -0.25) is 9.89 Å². The van der Waals surface area contributed by atoms with Crippen LogP contribution in [0.1, 0.15) is 44.9 Å². The lowest BCUT2D eigenvalue weighted by molar-refractivity contribution is -0.143. The maximum absolute atomic E-state index is 12.1. The Morgan fingerprint density at radius 1 is 1.24 bits per heavy atom. The molecular formula is C14H27F3N4. The second-order valence-electron chi connectivity index (χ2n) is 5.81. The highest BCUT2D eigenvalue weighted by Gasteiger charge is 2.28. The molecule has 124 valence electrons. The van der Waals surface area contributed by atoms with E-state index in [9.17, 15) is 13.2 Å². The minimum absolute atomic E-state index is 0.361. The first-order valence-corrected chi connectivity index (χ1v) is 7.68. The molecule has 0 amide bonds. The van der Waals surface area contributed by atoms with Crippen molar-refractivity contribution in [1.82, 2.24) is 10.2 Å². The maximum Gasteiger partial charge on any atom is 0.401 e. The van der Waals surface area contributed by atoms with Crippen molar-refractivity contribution in [3.63, 3.8) is 0 Å². The lowest BCUT2D eigenvalue weighted by Gasteiger charge is -2.18. The average molecular weight is 308 g/mol. The third kappa shape index (κ3) is 9.55. The van der Waals surface area contributed by atoms with E-state index < -0.39 is 12.7 Å². The van der Waals surface area contributed by atoms with Crippen LogP contribution in [0.5, 0.6) is 0 Å². The van der Waals surface area contributed by atoms with E-state index in [0.29, 0.717) is 31.5 Å². The summed E-state index contributed by atoms with van der Waals surface area (Å²) in [5, 5.41) is 3.22. The summed E-state index contributed by atoms with van der Waals surface area (Å²) in [7, 11) is 1.46. The van der Waals surface area contributed by atoms with Crippen molar-refractivity contribution >= 4 is 5.96 Å². The number of nitrogens with zero attached hydrogens (tertiary/aromatic N) is 2. The van der Waals surface area contributed by atoms with E-state index >= 15 is 0 Å². The van der Waals surface area contributed by atoms with Gasteiger partial charge in [0, 0.05) is 12.6 Å². The highest BCUT2D eigenvalue weighted by molar-refractivity contribution is 5.78. The summed E-state index contributed by atoms with van der Waals surface area (Å²) < 4.78 is 36.4. The topological polar surface area (TPSA) is 53.6 Å². The average Bonchev–Trinajstić information content (AvgIpc) is 2.61. The van der Waals surface area contributed by atoms with Crippen molar-refractivity contribution in [2.24, 2.45) is 10.7 Å². The van der Waals surface area contributed by atoms with Gasteiger partial charge in [-0.25, -0.2) is 0 Å². The van der Waals surface area contributed by atoms with Crippen molar-refractivity contribution in [2.45, 2.75) is 57.2 Å². The third-order valence-corrected chi connectivity index (χ3v) is 3.64. The largest absolute Gasteiger partial charge is 0.401 e. The Morgan fingerprint density at radius 2 is 1.86 bits per heavy atom. The van der Waals surface area contributed by atoms with E-state index in [1.165, 1.54) is 37.6 Å². The first kappa shape index (κ1) is 18.1. The van der Waals surface area contributed by atoms with E-state index in [0.717, 1.165) is 12.8 Å². The zero-order valence-corrected chi connectivity index (χ0v) is 12.8. The van der Waals surface area contributed by atoms with Crippen LogP contribution in [0.25, 0.3) is 0 Å². The summed E-state index contributed by atoms with van der Waals surface area (Å²) in [5.74, 6) is 0.417. The van der Waals surface area contributed by atoms with Gasteiger partial charge < -0.3 is 11.1 Å². The maximum atomic E-state index is 12.1. The molecule has 1 aliphatic rings. The SMILES string of the molecule is CN(CCCN=C(N)NC1CCCCCC1)CC(F)(F)F. The monoisotopic (exact) mass is 308 g/mol. The van der Waals surface area contributed by atoms with Gasteiger partial charge in [-0.05, 0) is 32.9 Å².